The van der Waals surface area contributed by atoms with E-state index in [1.54, 1.807) is 18.5 Å². The minimum absolute atomic E-state index is 0.135. The molecule has 6 rings (SSSR count). The van der Waals surface area contributed by atoms with Crippen LogP contribution in [0.15, 0.2) is 59.3 Å². The lowest BCUT2D eigenvalue weighted by Gasteiger charge is -2.05. The van der Waals surface area contributed by atoms with Gasteiger partial charge in [0.2, 0.25) is 11.0 Å². The zero-order valence-electron chi connectivity index (χ0n) is 16.8. The molecule has 0 radical (unpaired) electrons. The molecule has 0 aliphatic rings. The number of nitrogens with one attached hydrogen (secondary N) is 2. The number of anilines is 2. The number of benzene rings is 2. The lowest BCUT2D eigenvalue weighted by Crippen LogP contribution is -1.90. The van der Waals surface area contributed by atoms with E-state index in [1.165, 1.54) is 11.3 Å². The van der Waals surface area contributed by atoms with Crippen LogP contribution in [0, 0.1) is 0 Å². The summed E-state index contributed by atoms with van der Waals surface area (Å²) in [6.45, 7) is -0.135. The Labute approximate surface area is 195 Å². The fraction of sp³-hybridized carbons (Fsp3) is 0.0455. The Kier molecular flexibility index (Phi) is 4.75. The third-order valence-corrected chi connectivity index (χ3v) is 6.35. The van der Waals surface area contributed by atoms with Crippen molar-refractivity contribution < 1.29 is 9.52 Å². The summed E-state index contributed by atoms with van der Waals surface area (Å²) in [7, 11) is 0. The summed E-state index contributed by atoms with van der Waals surface area (Å²) in [4.78, 5) is 8.67. The molecule has 4 heterocycles. The molecule has 0 aliphatic carbocycles. The highest BCUT2D eigenvalue weighted by atomic mass is 35.5. The van der Waals surface area contributed by atoms with E-state index in [0.717, 1.165) is 16.5 Å². The van der Waals surface area contributed by atoms with Crippen LogP contribution in [0.25, 0.3) is 44.2 Å². The first-order valence-electron chi connectivity index (χ1n) is 9.87. The molecule has 162 valence electrons. The first kappa shape index (κ1) is 19.8. The monoisotopic (exact) mass is 475 g/mol. The molecule has 0 bridgehead atoms. The number of aliphatic hydroxyl groups excluding tert-OH is 1. The number of H-pyrrole nitrogens is 1. The molecule has 0 saturated heterocycles. The van der Waals surface area contributed by atoms with E-state index in [-0.39, 0.29) is 6.61 Å². The van der Waals surface area contributed by atoms with Crippen molar-refractivity contribution in [2.45, 2.75) is 6.61 Å². The summed E-state index contributed by atoms with van der Waals surface area (Å²) in [5.41, 5.74) is 4.88. The number of halogens is 1. The van der Waals surface area contributed by atoms with Crippen LogP contribution >= 0.6 is 22.9 Å². The van der Waals surface area contributed by atoms with E-state index >= 15 is 0 Å². The van der Waals surface area contributed by atoms with Gasteiger partial charge in [-0.1, -0.05) is 22.9 Å². The number of pyridine rings is 1. The first-order valence-corrected chi connectivity index (χ1v) is 11.1. The summed E-state index contributed by atoms with van der Waals surface area (Å²) in [6.07, 6.45) is 3.34. The average molecular weight is 476 g/mol. The summed E-state index contributed by atoms with van der Waals surface area (Å²) < 4.78 is 5.85. The molecular formula is C22H14ClN7O2S. The highest BCUT2D eigenvalue weighted by molar-refractivity contribution is 7.18. The van der Waals surface area contributed by atoms with Crippen LogP contribution in [0.1, 0.15) is 5.56 Å². The van der Waals surface area contributed by atoms with Crippen molar-refractivity contribution in [1.82, 2.24) is 30.4 Å². The number of fused-ring (bicyclic) bond motifs is 2. The molecule has 0 unspecified atom stereocenters. The molecular weight excluding hydrogens is 462 g/mol. The maximum absolute atomic E-state index is 9.79. The molecule has 3 N–H and O–H groups in total. The largest absolute Gasteiger partial charge is 0.434 e. The maximum Gasteiger partial charge on any atom is 0.228 e. The van der Waals surface area contributed by atoms with E-state index in [1.807, 2.05) is 36.4 Å². The van der Waals surface area contributed by atoms with E-state index in [2.05, 4.69) is 35.7 Å². The Bertz CT molecular complexity index is 1590. The van der Waals surface area contributed by atoms with Crippen LogP contribution < -0.4 is 5.32 Å². The van der Waals surface area contributed by atoms with Gasteiger partial charge in [-0.2, -0.15) is 10.1 Å². The predicted molar refractivity (Wildman–Crippen MR) is 126 cm³/mol. The topological polar surface area (TPSA) is 126 Å². The second-order valence-corrected chi connectivity index (χ2v) is 8.57. The van der Waals surface area contributed by atoms with Gasteiger partial charge >= 0.3 is 0 Å². The minimum Gasteiger partial charge on any atom is -0.434 e. The van der Waals surface area contributed by atoms with Crippen LogP contribution in [-0.4, -0.2) is 35.5 Å². The Hall–Kier alpha value is -3.86. The molecule has 0 aliphatic heterocycles. The Morgan fingerprint density at radius 1 is 1.12 bits per heavy atom. The number of nitrogens with zero attached hydrogens (tertiary/aromatic N) is 5. The second-order valence-electron chi connectivity index (χ2n) is 7.22. The molecule has 4 aromatic heterocycles. The fourth-order valence-corrected chi connectivity index (χ4v) is 4.51. The normalized spacial score (nSPS) is 11.5. The number of rotatable bonds is 5. The van der Waals surface area contributed by atoms with Crippen molar-refractivity contribution in [3.05, 3.63) is 65.4 Å². The molecule has 0 fully saturated rings. The van der Waals surface area contributed by atoms with Gasteiger partial charge in [0.25, 0.3) is 0 Å². The van der Waals surface area contributed by atoms with Gasteiger partial charge in [-0.25, -0.2) is 4.98 Å². The van der Waals surface area contributed by atoms with Crippen molar-refractivity contribution in [2.24, 2.45) is 0 Å². The lowest BCUT2D eigenvalue weighted by molar-refractivity contribution is 0.282. The van der Waals surface area contributed by atoms with Gasteiger partial charge in [0.1, 0.15) is 5.01 Å². The molecule has 0 spiro atoms. The molecule has 33 heavy (non-hydrogen) atoms. The maximum atomic E-state index is 9.79. The molecule has 0 saturated carbocycles. The average Bonchev–Trinajstić information content (AvgIpc) is 3.60. The highest BCUT2D eigenvalue weighted by Crippen LogP contribution is 2.36. The van der Waals surface area contributed by atoms with Crippen LogP contribution in [-0.2, 0) is 6.61 Å². The molecule has 9 nitrogen and oxygen atoms in total. The predicted octanol–water partition coefficient (Wildman–Crippen LogP) is 5.17. The van der Waals surface area contributed by atoms with Gasteiger partial charge in [-0.05, 0) is 48.0 Å². The van der Waals surface area contributed by atoms with Crippen molar-refractivity contribution in [1.29, 1.82) is 0 Å². The van der Waals surface area contributed by atoms with E-state index < -0.39 is 0 Å². The third kappa shape index (κ3) is 3.59. The third-order valence-electron chi connectivity index (χ3n) is 5.06. The smallest absolute Gasteiger partial charge is 0.228 e. The van der Waals surface area contributed by atoms with Crippen molar-refractivity contribution in [3.63, 3.8) is 0 Å². The number of hydrogen-bond donors (Lipinski definition) is 3. The Morgan fingerprint density at radius 3 is 2.91 bits per heavy atom. The summed E-state index contributed by atoms with van der Waals surface area (Å²) >= 11 is 7.87. The highest BCUT2D eigenvalue weighted by Gasteiger charge is 2.15. The molecule has 2 aromatic carbocycles. The molecule has 0 amide bonds. The SMILES string of the molecule is OCc1cc(-c2nc3ncccc3o2)cc(-c2nnc(Nc3ccc4[nH]ncc4c3Cl)s2)c1. The van der Waals surface area contributed by atoms with Gasteiger partial charge in [-0.3, -0.25) is 5.10 Å². The van der Waals surface area contributed by atoms with Gasteiger partial charge in [0, 0.05) is 22.7 Å². The minimum atomic E-state index is -0.135. The van der Waals surface area contributed by atoms with Crippen molar-refractivity contribution in [2.75, 3.05) is 5.32 Å². The quantitative estimate of drug-likeness (QED) is 0.311. The molecule has 6 aromatic rings. The second kappa shape index (κ2) is 7.93. The van der Waals surface area contributed by atoms with Crippen LogP contribution in [0.3, 0.4) is 0 Å². The fourth-order valence-electron chi connectivity index (χ4n) is 3.51. The molecule has 11 heteroatoms. The van der Waals surface area contributed by atoms with Crippen molar-refractivity contribution in [3.8, 4) is 22.0 Å². The standard InChI is InChI=1S/C22H14ClN7O2S/c23-18-14-9-25-28-15(14)3-4-16(18)26-22-30-29-21(33-22)13-7-11(10-31)6-12(8-13)20-27-19-17(32-20)2-1-5-24-19/h1-9,31H,10H2,(H,25,28)(H,26,30). The van der Waals surface area contributed by atoms with Gasteiger partial charge in [-0.15, -0.1) is 10.2 Å². The van der Waals surface area contributed by atoms with Gasteiger partial charge < -0.3 is 14.8 Å². The summed E-state index contributed by atoms with van der Waals surface area (Å²) in [5, 5.41) is 31.1. The van der Waals surface area contributed by atoms with E-state index in [0.29, 0.717) is 49.1 Å². The number of aromatic nitrogens is 6. The zero-order chi connectivity index (χ0) is 22.4. The Balaban J connectivity index is 1.35. The number of aliphatic hydroxyl groups is 1. The van der Waals surface area contributed by atoms with E-state index in [4.69, 9.17) is 16.0 Å². The summed E-state index contributed by atoms with van der Waals surface area (Å²) in [5.74, 6) is 0.420. The summed E-state index contributed by atoms with van der Waals surface area (Å²) in [6, 6.07) is 12.9. The van der Waals surface area contributed by atoms with Gasteiger partial charge in [0.15, 0.2) is 11.2 Å². The van der Waals surface area contributed by atoms with Crippen LogP contribution in [0.5, 0.6) is 0 Å². The van der Waals surface area contributed by atoms with Crippen LogP contribution in [0.2, 0.25) is 5.02 Å². The van der Waals surface area contributed by atoms with Gasteiger partial charge in [0.05, 0.1) is 29.0 Å². The Morgan fingerprint density at radius 2 is 2.03 bits per heavy atom. The zero-order valence-corrected chi connectivity index (χ0v) is 18.4. The molecule has 0 atom stereocenters. The first-order chi connectivity index (χ1) is 16.2. The number of aromatic amines is 1. The van der Waals surface area contributed by atoms with Crippen LogP contribution in [0.4, 0.5) is 10.8 Å². The number of hydrogen-bond acceptors (Lipinski definition) is 9. The number of oxazole rings is 1. The van der Waals surface area contributed by atoms with Crippen molar-refractivity contribution >= 4 is 55.9 Å². The lowest BCUT2D eigenvalue weighted by atomic mass is 10.1. The van der Waals surface area contributed by atoms with E-state index in [9.17, 15) is 5.11 Å².